The fourth-order valence-corrected chi connectivity index (χ4v) is 4.55. The number of nitrogens with zero attached hydrogens (tertiary/aromatic N) is 2. The molecule has 2 nitrogen and oxygen atoms in total. The van der Waals surface area contributed by atoms with Crippen molar-refractivity contribution in [2.24, 2.45) is 5.92 Å². The Hall–Kier alpha value is -0.0800. The normalized spacial score (nSPS) is 40.2. The van der Waals surface area contributed by atoms with Crippen molar-refractivity contribution < 1.29 is 0 Å². The molecule has 2 saturated heterocycles. The van der Waals surface area contributed by atoms with Crippen LogP contribution in [0.1, 0.15) is 58.3 Å². The van der Waals surface area contributed by atoms with Crippen LogP contribution in [0.4, 0.5) is 0 Å². The highest BCUT2D eigenvalue weighted by Crippen LogP contribution is 2.30. The van der Waals surface area contributed by atoms with E-state index in [0.29, 0.717) is 0 Å². The molecule has 0 radical (unpaired) electrons. The standard InChI is InChI=1S/C16H30N2/c1-14-7-3-2-4-9-16(14)18-12-6-11-17-10-5-8-15(17)13-18/h14-16H,2-13H2,1H3. The molecule has 0 N–H and O–H groups in total. The van der Waals surface area contributed by atoms with Gasteiger partial charge < -0.3 is 0 Å². The van der Waals surface area contributed by atoms with Crippen molar-refractivity contribution in [2.75, 3.05) is 26.2 Å². The molecule has 2 heteroatoms. The molecule has 2 heterocycles. The summed E-state index contributed by atoms with van der Waals surface area (Å²) >= 11 is 0. The zero-order valence-electron chi connectivity index (χ0n) is 12.1. The van der Waals surface area contributed by atoms with Crippen LogP contribution in [0.25, 0.3) is 0 Å². The number of hydrogen-bond donors (Lipinski definition) is 0. The molecule has 1 aliphatic carbocycles. The summed E-state index contributed by atoms with van der Waals surface area (Å²) in [6, 6.07) is 1.79. The first-order valence-electron chi connectivity index (χ1n) is 8.32. The highest BCUT2D eigenvalue weighted by Gasteiger charge is 2.33. The number of fused-ring (bicyclic) bond motifs is 1. The maximum atomic E-state index is 2.88. The van der Waals surface area contributed by atoms with Gasteiger partial charge in [-0.15, -0.1) is 0 Å². The number of hydrogen-bond acceptors (Lipinski definition) is 2. The van der Waals surface area contributed by atoms with Gasteiger partial charge in [-0.3, -0.25) is 9.80 Å². The van der Waals surface area contributed by atoms with E-state index >= 15 is 0 Å². The largest absolute Gasteiger partial charge is 0.299 e. The summed E-state index contributed by atoms with van der Waals surface area (Å²) in [6.07, 6.45) is 11.7. The Kier molecular flexibility index (Phi) is 4.25. The Morgan fingerprint density at radius 1 is 0.722 bits per heavy atom. The molecular weight excluding hydrogens is 220 g/mol. The van der Waals surface area contributed by atoms with Gasteiger partial charge in [0.15, 0.2) is 0 Å². The molecule has 3 unspecified atom stereocenters. The first kappa shape index (κ1) is 12.9. The minimum Gasteiger partial charge on any atom is -0.299 e. The van der Waals surface area contributed by atoms with E-state index in [1.807, 2.05) is 0 Å². The van der Waals surface area contributed by atoms with Gasteiger partial charge in [0.05, 0.1) is 0 Å². The Morgan fingerprint density at radius 2 is 1.50 bits per heavy atom. The van der Waals surface area contributed by atoms with E-state index in [2.05, 4.69) is 16.7 Å². The first-order chi connectivity index (χ1) is 8.84. The molecule has 3 aliphatic rings. The van der Waals surface area contributed by atoms with Crippen molar-refractivity contribution in [3.63, 3.8) is 0 Å². The Balaban J connectivity index is 1.66. The van der Waals surface area contributed by atoms with Gasteiger partial charge >= 0.3 is 0 Å². The van der Waals surface area contributed by atoms with E-state index in [1.165, 1.54) is 77.5 Å². The second kappa shape index (κ2) is 5.92. The maximum Gasteiger partial charge on any atom is 0.0223 e. The van der Waals surface area contributed by atoms with Gasteiger partial charge in [-0.25, -0.2) is 0 Å². The molecule has 0 bridgehead atoms. The quantitative estimate of drug-likeness (QED) is 0.660. The van der Waals surface area contributed by atoms with Crippen LogP contribution in [0, 0.1) is 5.92 Å². The van der Waals surface area contributed by atoms with Crippen LogP contribution in [0.15, 0.2) is 0 Å². The number of rotatable bonds is 1. The van der Waals surface area contributed by atoms with Crippen molar-refractivity contribution in [3.8, 4) is 0 Å². The third-order valence-corrected chi connectivity index (χ3v) is 5.62. The van der Waals surface area contributed by atoms with E-state index in [9.17, 15) is 0 Å². The highest BCUT2D eigenvalue weighted by atomic mass is 15.3. The minimum atomic E-state index is 0.892. The first-order valence-corrected chi connectivity index (χ1v) is 8.32. The molecular formula is C16H30N2. The topological polar surface area (TPSA) is 6.48 Å². The molecule has 0 aromatic heterocycles. The molecule has 0 spiro atoms. The summed E-state index contributed by atoms with van der Waals surface area (Å²) in [7, 11) is 0. The van der Waals surface area contributed by atoms with Gasteiger partial charge in [0.1, 0.15) is 0 Å². The van der Waals surface area contributed by atoms with Gasteiger partial charge in [0.25, 0.3) is 0 Å². The van der Waals surface area contributed by atoms with Gasteiger partial charge in [-0.2, -0.15) is 0 Å². The summed E-state index contributed by atoms with van der Waals surface area (Å²) in [5.74, 6) is 0.931. The predicted octanol–water partition coefficient (Wildman–Crippen LogP) is 3.13. The Morgan fingerprint density at radius 3 is 2.44 bits per heavy atom. The molecule has 2 aliphatic heterocycles. The molecule has 3 rings (SSSR count). The lowest BCUT2D eigenvalue weighted by Crippen LogP contribution is -2.44. The molecule has 3 fully saturated rings. The second-order valence-corrected chi connectivity index (χ2v) is 6.86. The van der Waals surface area contributed by atoms with Crippen LogP contribution in [-0.4, -0.2) is 48.1 Å². The van der Waals surface area contributed by atoms with E-state index < -0.39 is 0 Å². The predicted molar refractivity (Wildman–Crippen MR) is 76.8 cm³/mol. The van der Waals surface area contributed by atoms with Crippen LogP contribution in [0.5, 0.6) is 0 Å². The molecule has 3 atom stereocenters. The lowest BCUT2D eigenvalue weighted by atomic mass is 9.94. The van der Waals surface area contributed by atoms with E-state index in [1.54, 1.807) is 0 Å². The average molecular weight is 250 g/mol. The molecule has 18 heavy (non-hydrogen) atoms. The average Bonchev–Trinajstić information content (AvgIpc) is 2.59. The maximum absolute atomic E-state index is 2.88. The monoisotopic (exact) mass is 250 g/mol. The summed E-state index contributed by atoms with van der Waals surface area (Å²) in [6.45, 7) is 7.98. The van der Waals surface area contributed by atoms with Gasteiger partial charge in [-0.1, -0.05) is 26.2 Å². The molecule has 1 saturated carbocycles. The van der Waals surface area contributed by atoms with Crippen molar-refractivity contribution in [1.29, 1.82) is 0 Å². The zero-order chi connectivity index (χ0) is 12.4. The van der Waals surface area contributed by atoms with Crippen LogP contribution in [-0.2, 0) is 0 Å². The molecule has 0 aromatic carbocycles. The Bertz CT molecular complexity index is 266. The summed E-state index contributed by atoms with van der Waals surface area (Å²) in [5, 5.41) is 0. The lowest BCUT2D eigenvalue weighted by Gasteiger charge is -2.35. The summed E-state index contributed by atoms with van der Waals surface area (Å²) in [4.78, 5) is 5.65. The van der Waals surface area contributed by atoms with Crippen molar-refractivity contribution in [3.05, 3.63) is 0 Å². The molecule has 0 aromatic rings. The highest BCUT2D eigenvalue weighted by molar-refractivity contribution is 4.89. The SMILES string of the molecule is CC1CCCCCC1N1CCCN2CCCC2C1. The summed E-state index contributed by atoms with van der Waals surface area (Å²) < 4.78 is 0. The fourth-order valence-electron chi connectivity index (χ4n) is 4.55. The van der Waals surface area contributed by atoms with Crippen molar-refractivity contribution >= 4 is 0 Å². The third kappa shape index (κ3) is 2.75. The van der Waals surface area contributed by atoms with Gasteiger partial charge in [0.2, 0.25) is 0 Å². The van der Waals surface area contributed by atoms with E-state index in [0.717, 1.165) is 18.0 Å². The minimum absolute atomic E-state index is 0.892. The lowest BCUT2D eigenvalue weighted by molar-refractivity contribution is 0.127. The van der Waals surface area contributed by atoms with Crippen molar-refractivity contribution in [2.45, 2.75) is 70.4 Å². The smallest absolute Gasteiger partial charge is 0.0223 e. The molecule has 0 amide bonds. The zero-order valence-corrected chi connectivity index (χ0v) is 12.1. The summed E-state index contributed by atoms with van der Waals surface area (Å²) in [5.41, 5.74) is 0. The second-order valence-electron chi connectivity index (χ2n) is 6.86. The molecule has 104 valence electrons. The van der Waals surface area contributed by atoms with Crippen molar-refractivity contribution in [1.82, 2.24) is 9.80 Å². The van der Waals surface area contributed by atoms with Crippen LogP contribution >= 0.6 is 0 Å². The van der Waals surface area contributed by atoms with E-state index in [-0.39, 0.29) is 0 Å². The Labute approximate surface area is 113 Å². The van der Waals surface area contributed by atoms with Crippen LogP contribution < -0.4 is 0 Å². The van der Waals surface area contributed by atoms with Crippen LogP contribution in [0.3, 0.4) is 0 Å². The van der Waals surface area contributed by atoms with E-state index in [4.69, 9.17) is 0 Å². The van der Waals surface area contributed by atoms with Gasteiger partial charge in [-0.05, 0) is 57.7 Å². The van der Waals surface area contributed by atoms with Gasteiger partial charge in [0, 0.05) is 18.6 Å². The fraction of sp³-hybridized carbons (Fsp3) is 1.00. The third-order valence-electron chi connectivity index (χ3n) is 5.62. The van der Waals surface area contributed by atoms with Crippen LogP contribution in [0.2, 0.25) is 0 Å².